The van der Waals surface area contributed by atoms with Gasteiger partial charge in [0.25, 0.3) is 0 Å². The third kappa shape index (κ3) is 2.96. The molecule has 0 bridgehead atoms. The van der Waals surface area contributed by atoms with E-state index in [1.807, 2.05) is 11.8 Å². The second-order valence-corrected chi connectivity index (χ2v) is 4.88. The molecule has 1 fully saturated rings. The maximum atomic E-state index is 11.2. The van der Waals surface area contributed by atoms with Crippen LogP contribution in [0, 0.1) is 10.1 Å². The van der Waals surface area contributed by atoms with Gasteiger partial charge in [0, 0.05) is 12.6 Å². The highest BCUT2D eigenvalue weighted by atomic mass is 16.6. The van der Waals surface area contributed by atoms with E-state index in [9.17, 15) is 10.1 Å². The van der Waals surface area contributed by atoms with Crippen molar-refractivity contribution in [3.8, 4) is 0 Å². The molecule has 8 heteroatoms. The standard InChI is InChI=1S/C12H20N6O2/c1-2-17(9-6-4-3-5-7-9)11-10(18(19)20)8-14-12(15-11)16-13/h8-9H,2-7,13H2,1H3,(H,14,15,16). The van der Waals surface area contributed by atoms with Crippen LogP contribution in [0.3, 0.4) is 0 Å². The monoisotopic (exact) mass is 280 g/mol. The fourth-order valence-electron chi connectivity index (χ4n) is 2.75. The first-order chi connectivity index (χ1) is 9.67. The van der Waals surface area contributed by atoms with Gasteiger partial charge in [-0.25, -0.2) is 10.8 Å². The largest absolute Gasteiger partial charge is 0.348 e. The fraction of sp³-hybridized carbons (Fsp3) is 0.667. The van der Waals surface area contributed by atoms with Gasteiger partial charge in [0.05, 0.1) is 4.92 Å². The number of nitrogens with zero attached hydrogens (tertiary/aromatic N) is 4. The first kappa shape index (κ1) is 14.4. The number of hydrogen-bond acceptors (Lipinski definition) is 7. The van der Waals surface area contributed by atoms with Gasteiger partial charge >= 0.3 is 5.69 Å². The molecule has 0 radical (unpaired) electrons. The third-order valence-corrected chi connectivity index (χ3v) is 3.70. The number of rotatable bonds is 5. The number of hydrazine groups is 1. The van der Waals surface area contributed by atoms with Crippen molar-refractivity contribution >= 4 is 17.5 Å². The first-order valence-electron chi connectivity index (χ1n) is 6.92. The van der Waals surface area contributed by atoms with Gasteiger partial charge < -0.3 is 4.90 Å². The van der Waals surface area contributed by atoms with Crippen LogP contribution in [0.2, 0.25) is 0 Å². The van der Waals surface area contributed by atoms with E-state index in [0.29, 0.717) is 18.4 Å². The highest BCUT2D eigenvalue weighted by molar-refractivity contribution is 5.59. The van der Waals surface area contributed by atoms with E-state index >= 15 is 0 Å². The summed E-state index contributed by atoms with van der Waals surface area (Å²) >= 11 is 0. The Morgan fingerprint density at radius 2 is 2.20 bits per heavy atom. The zero-order valence-electron chi connectivity index (χ0n) is 11.6. The summed E-state index contributed by atoms with van der Waals surface area (Å²) in [6.07, 6.45) is 6.84. The molecule has 1 heterocycles. The summed E-state index contributed by atoms with van der Waals surface area (Å²) in [5, 5.41) is 11.2. The molecule has 8 nitrogen and oxygen atoms in total. The predicted molar refractivity (Wildman–Crippen MR) is 76.4 cm³/mol. The summed E-state index contributed by atoms with van der Waals surface area (Å²) in [5.74, 6) is 5.85. The van der Waals surface area contributed by atoms with E-state index < -0.39 is 4.92 Å². The van der Waals surface area contributed by atoms with Gasteiger partial charge in [-0.05, 0) is 19.8 Å². The molecular weight excluding hydrogens is 260 g/mol. The van der Waals surface area contributed by atoms with Crippen LogP contribution >= 0.6 is 0 Å². The van der Waals surface area contributed by atoms with Crippen molar-refractivity contribution in [2.24, 2.45) is 5.84 Å². The lowest BCUT2D eigenvalue weighted by atomic mass is 9.94. The van der Waals surface area contributed by atoms with Gasteiger partial charge in [-0.15, -0.1) is 0 Å². The van der Waals surface area contributed by atoms with Gasteiger partial charge in [0.1, 0.15) is 6.20 Å². The molecule has 2 rings (SSSR count). The molecule has 0 aliphatic heterocycles. The molecular formula is C12H20N6O2. The van der Waals surface area contributed by atoms with E-state index in [0.717, 1.165) is 25.7 Å². The van der Waals surface area contributed by atoms with Crippen LogP contribution in [-0.2, 0) is 0 Å². The van der Waals surface area contributed by atoms with Crippen molar-refractivity contribution in [3.63, 3.8) is 0 Å². The molecule has 110 valence electrons. The highest BCUT2D eigenvalue weighted by Gasteiger charge is 2.28. The van der Waals surface area contributed by atoms with Crippen molar-refractivity contribution in [2.75, 3.05) is 16.9 Å². The Morgan fingerprint density at radius 1 is 1.50 bits per heavy atom. The molecule has 0 aromatic carbocycles. The minimum absolute atomic E-state index is 0.0728. The summed E-state index contributed by atoms with van der Waals surface area (Å²) in [6, 6.07) is 0.299. The van der Waals surface area contributed by atoms with Crippen LogP contribution in [0.4, 0.5) is 17.5 Å². The number of nitrogens with one attached hydrogen (secondary N) is 1. The zero-order valence-corrected chi connectivity index (χ0v) is 11.6. The van der Waals surface area contributed by atoms with Gasteiger partial charge in [0.15, 0.2) is 0 Å². The first-order valence-corrected chi connectivity index (χ1v) is 6.92. The number of nitrogen functional groups attached to an aromatic ring is 1. The van der Waals surface area contributed by atoms with Crippen molar-refractivity contribution in [1.29, 1.82) is 0 Å². The van der Waals surface area contributed by atoms with Crippen molar-refractivity contribution in [1.82, 2.24) is 9.97 Å². The number of aromatic nitrogens is 2. The minimum atomic E-state index is -0.443. The molecule has 0 spiro atoms. The molecule has 20 heavy (non-hydrogen) atoms. The Labute approximate surface area is 117 Å². The summed E-state index contributed by atoms with van der Waals surface area (Å²) in [5.41, 5.74) is 2.27. The molecule has 1 aliphatic carbocycles. The van der Waals surface area contributed by atoms with E-state index in [2.05, 4.69) is 15.4 Å². The number of nitrogens with two attached hydrogens (primary N) is 1. The summed E-state index contributed by atoms with van der Waals surface area (Å²) < 4.78 is 0. The molecule has 3 N–H and O–H groups in total. The third-order valence-electron chi connectivity index (χ3n) is 3.70. The summed E-state index contributed by atoms with van der Waals surface area (Å²) in [7, 11) is 0. The van der Waals surface area contributed by atoms with Crippen LogP contribution < -0.4 is 16.2 Å². The van der Waals surface area contributed by atoms with Crippen LogP contribution in [-0.4, -0.2) is 27.5 Å². The second kappa shape index (κ2) is 6.47. The Kier molecular flexibility index (Phi) is 4.67. The van der Waals surface area contributed by atoms with E-state index in [1.165, 1.54) is 12.6 Å². The maximum absolute atomic E-state index is 11.2. The molecule has 0 unspecified atom stereocenters. The average Bonchev–Trinajstić information content (AvgIpc) is 2.48. The number of anilines is 2. The predicted octanol–water partition coefficient (Wildman–Crippen LogP) is 1.83. The van der Waals surface area contributed by atoms with Crippen LogP contribution in [0.1, 0.15) is 39.0 Å². The second-order valence-electron chi connectivity index (χ2n) is 4.88. The normalized spacial score (nSPS) is 15.9. The zero-order chi connectivity index (χ0) is 14.5. The van der Waals surface area contributed by atoms with E-state index in [-0.39, 0.29) is 11.6 Å². The minimum Gasteiger partial charge on any atom is -0.348 e. The topological polar surface area (TPSA) is 110 Å². The van der Waals surface area contributed by atoms with Gasteiger partial charge in [-0.1, -0.05) is 19.3 Å². The SMILES string of the molecule is CCN(c1nc(NN)ncc1[N+](=O)[O-])C1CCCCC1. The molecule has 0 amide bonds. The highest BCUT2D eigenvalue weighted by Crippen LogP contribution is 2.32. The summed E-state index contributed by atoms with van der Waals surface area (Å²) in [6.45, 7) is 2.66. The lowest BCUT2D eigenvalue weighted by Crippen LogP contribution is -2.38. The molecule has 0 saturated heterocycles. The Morgan fingerprint density at radius 3 is 2.75 bits per heavy atom. The molecule has 0 atom stereocenters. The smallest absolute Gasteiger partial charge is 0.329 e. The Hall–Kier alpha value is -1.96. The Bertz CT molecular complexity index is 475. The lowest BCUT2D eigenvalue weighted by Gasteiger charge is -2.34. The fourth-order valence-corrected chi connectivity index (χ4v) is 2.75. The van der Waals surface area contributed by atoms with Gasteiger partial charge in [0.2, 0.25) is 11.8 Å². The maximum Gasteiger partial charge on any atom is 0.329 e. The quantitative estimate of drug-likeness (QED) is 0.481. The van der Waals surface area contributed by atoms with Crippen LogP contribution in [0.25, 0.3) is 0 Å². The molecule has 1 aromatic rings. The van der Waals surface area contributed by atoms with Crippen molar-refractivity contribution < 1.29 is 4.92 Å². The van der Waals surface area contributed by atoms with Gasteiger partial charge in [-0.2, -0.15) is 4.98 Å². The van der Waals surface area contributed by atoms with E-state index in [4.69, 9.17) is 5.84 Å². The van der Waals surface area contributed by atoms with Crippen LogP contribution in [0.5, 0.6) is 0 Å². The van der Waals surface area contributed by atoms with E-state index in [1.54, 1.807) is 0 Å². The number of hydrogen-bond donors (Lipinski definition) is 2. The van der Waals surface area contributed by atoms with Crippen LogP contribution in [0.15, 0.2) is 6.20 Å². The van der Waals surface area contributed by atoms with Crippen molar-refractivity contribution in [2.45, 2.75) is 45.1 Å². The Balaban J connectivity index is 2.37. The van der Waals surface area contributed by atoms with Crippen molar-refractivity contribution in [3.05, 3.63) is 16.3 Å². The molecule has 1 aromatic heterocycles. The van der Waals surface area contributed by atoms with Gasteiger partial charge in [-0.3, -0.25) is 15.5 Å². The molecule has 1 aliphatic rings. The number of nitro groups is 1. The average molecular weight is 280 g/mol. The molecule has 1 saturated carbocycles. The lowest BCUT2D eigenvalue weighted by molar-refractivity contribution is -0.384. The summed E-state index contributed by atoms with van der Waals surface area (Å²) in [4.78, 5) is 20.7.